The summed E-state index contributed by atoms with van der Waals surface area (Å²) in [4.78, 5) is 14.0. The maximum absolute atomic E-state index is 12.1. The monoisotopic (exact) mass is 212 g/mol. The van der Waals surface area contributed by atoms with E-state index < -0.39 is 0 Å². The van der Waals surface area contributed by atoms with Crippen molar-refractivity contribution in [2.75, 3.05) is 26.2 Å². The largest absolute Gasteiger partial charge is 0.396 e. The van der Waals surface area contributed by atoms with E-state index in [1.165, 1.54) is 0 Å². The number of amides is 1. The summed E-state index contributed by atoms with van der Waals surface area (Å²) in [5.74, 6) is 0.748. The molecular formula is C11H20N2O2. The zero-order valence-corrected chi connectivity index (χ0v) is 9.11. The number of carbonyl (C=O) groups excluding carboxylic acids is 1. The van der Waals surface area contributed by atoms with Gasteiger partial charge in [0.25, 0.3) is 0 Å². The van der Waals surface area contributed by atoms with Crippen LogP contribution < -0.4 is 5.73 Å². The predicted molar refractivity (Wildman–Crippen MR) is 57.1 cm³/mol. The molecule has 0 aromatic rings. The Balaban J connectivity index is 1.88. The van der Waals surface area contributed by atoms with Crippen molar-refractivity contribution >= 4 is 5.91 Å². The minimum absolute atomic E-state index is 0.200. The molecule has 1 unspecified atom stereocenters. The molecule has 1 saturated carbocycles. The van der Waals surface area contributed by atoms with Crippen LogP contribution in [0, 0.1) is 11.3 Å². The average Bonchev–Trinajstić information content (AvgIpc) is 2.92. The Morgan fingerprint density at radius 1 is 1.53 bits per heavy atom. The Labute approximate surface area is 90.4 Å². The number of nitrogens with zero attached hydrogens (tertiary/aromatic N) is 1. The Hall–Kier alpha value is -0.610. The molecule has 1 saturated heterocycles. The highest BCUT2D eigenvalue weighted by Gasteiger charge is 2.51. The number of aliphatic hydroxyl groups is 1. The summed E-state index contributed by atoms with van der Waals surface area (Å²) in [5, 5.41) is 8.85. The zero-order chi connectivity index (χ0) is 10.9. The van der Waals surface area contributed by atoms with Crippen LogP contribution in [-0.2, 0) is 4.79 Å². The summed E-state index contributed by atoms with van der Waals surface area (Å²) in [6, 6.07) is 0. The third-order valence-corrected chi connectivity index (χ3v) is 3.81. The van der Waals surface area contributed by atoms with Crippen molar-refractivity contribution in [2.45, 2.75) is 25.7 Å². The van der Waals surface area contributed by atoms with Crippen LogP contribution in [0.1, 0.15) is 25.7 Å². The molecule has 2 rings (SSSR count). The second-order valence-electron chi connectivity index (χ2n) is 4.90. The Bertz CT molecular complexity index is 251. The van der Waals surface area contributed by atoms with Crippen molar-refractivity contribution in [3.63, 3.8) is 0 Å². The molecule has 4 heteroatoms. The first-order chi connectivity index (χ1) is 7.22. The summed E-state index contributed by atoms with van der Waals surface area (Å²) in [5.41, 5.74) is 5.44. The second-order valence-corrected chi connectivity index (χ2v) is 4.90. The molecular weight excluding hydrogens is 192 g/mol. The topological polar surface area (TPSA) is 66.6 Å². The van der Waals surface area contributed by atoms with Gasteiger partial charge < -0.3 is 15.7 Å². The summed E-state index contributed by atoms with van der Waals surface area (Å²) in [6.07, 6.45) is 3.78. The van der Waals surface area contributed by atoms with E-state index in [0.717, 1.165) is 38.8 Å². The summed E-state index contributed by atoms with van der Waals surface area (Å²) in [6.45, 7) is 2.40. The lowest BCUT2D eigenvalue weighted by Gasteiger charge is -2.22. The van der Waals surface area contributed by atoms with Crippen LogP contribution in [0.3, 0.4) is 0 Å². The molecule has 15 heavy (non-hydrogen) atoms. The smallest absolute Gasteiger partial charge is 0.230 e. The summed E-state index contributed by atoms with van der Waals surface area (Å²) in [7, 11) is 0. The van der Waals surface area contributed by atoms with Crippen LogP contribution >= 0.6 is 0 Å². The molecule has 0 aromatic heterocycles. The highest BCUT2D eigenvalue weighted by Crippen LogP contribution is 2.46. The molecule has 4 nitrogen and oxygen atoms in total. The quantitative estimate of drug-likeness (QED) is 0.687. The normalized spacial score (nSPS) is 28.1. The first-order valence-corrected chi connectivity index (χ1v) is 5.82. The van der Waals surface area contributed by atoms with Crippen LogP contribution in [0.5, 0.6) is 0 Å². The molecule has 1 amide bonds. The van der Waals surface area contributed by atoms with E-state index in [9.17, 15) is 4.79 Å². The van der Waals surface area contributed by atoms with Gasteiger partial charge in [0.2, 0.25) is 5.91 Å². The molecule has 2 fully saturated rings. The number of aliphatic hydroxyl groups excluding tert-OH is 1. The van der Waals surface area contributed by atoms with Crippen LogP contribution in [0.25, 0.3) is 0 Å². The van der Waals surface area contributed by atoms with Gasteiger partial charge in [0, 0.05) is 26.2 Å². The van der Waals surface area contributed by atoms with Crippen molar-refractivity contribution in [3.8, 4) is 0 Å². The van der Waals surface area contributed by atoms with E-state index in [-0.39, 0.29) is 17.9 Å². The number of hydrogen-bond donors (Lipinski definition) is 2. The predicted octanol–water partition coefficient (Wildman–Crippen LogP) is -0.0438. The van der Waals surface area contributed by atoms with E-state index >= 15 is 0 Å². The van der Waals surface area contributed by atoms with Gasteiger partial charge in [-0.1, -0.05) is 0 Å². The fraction of sp³-hybridized carbons (Fsp3) is 0.909. The van der Waals surface area contributed by atoms with Gasteiger partial charge in [-0.2, -0.15) is 0 Å². The number of rotatable bonds is 4. The van der Waals surface area contributed by atoms with E-state index in [0.29, 0.717) is 12.5 Å². The SMILES string of the molecule is NCC1(C(=O)N2CCC(CCO)C2)CC1. The highest BCUT2D eigenvalue weighted by atomic mass is 16.3. The molecule has 3 N–H and O–H groups in total. The lowest BCUT2D eigenvalue weighted by Crippen LogP contribution is -2.39. The zero-order valence-electron chi connectivity index (χ0n) is 9.11. The molecule has 1 aliphatic heterocycles. The van der Waals surface area contributed by atoms with Gasteiger partial charge in [-0.15, -0.1) is 0 Å². The van der Waals surface area contributed by atoms with Gasteiger partial charge in [0.05, 0.1) is 5.41 Å². The lowest BCUT2D eigenvalue weighted by molar-refractivity contribution is -0.135. The van der Waals surface area contributed by atoms with Crippen LogP contribution in [0.4, 0.5) is 0 Å². The van der Waals surface area contributed by atoms with Crippen molar-refractivity contribution in [1.29, 1.82) is 0 Å². The molecule has 86 valence electrons. The van der Waals surface area contributed by atoms with Gasteiger partial charge in [0.15, 0.2) is 0 Å². The van der Waals surface area contributed by atoms with Crippen LogP contribution in [0.15, 0.2) is 0 Å². The molecule has 1 atom stereocenters. The third-order valence-electron chi connectivity index (χ3n) is 3.81. The molecule has 1 heterocycles. The fourth-order valence-corrected chi connectivity index (χ4v) is 2.43. The van der Waals surface area contributed by atoms with Crippen molar-refractivity contribution in [2.24, 2.45) is 17.1 Å². The van der Waals surface area contributed by atoms with Crippen molar-refractivity contribution in [1.82, 2.24) is 4.90 Å². The van der Waals surface area contributed by atoms with Gasteiger partial charge >= 0.3 is 0 Å². The fourth-order valence-electron chi connectivity index (χ4n) is 2.43. The molecule has 0 spiro atoms. The molecule has 0 bridgehead atoms. The molecule has 0 radical (unpaired) electrons. The average molecular weight is 212 g/mol. The number of nitrogens with two attached hydrogens (primary N) is 1. The Kier molecular flexibility index (Phi) is 2.98. The maximum Gasteiger partial charge on any atom is 0.230 e. The number of likely N-dealkylation sites (tertiary alicyclic amines) is 1. The van der Waals surface area contributed by atoms with E-state index in [2.05, 4.69) is 0 Å². The Morgan fingerprint density at radius 3 is 2.80 bits per heavy atom. The van der Waals surface area contributed by atoms with E-state index in [1.54, 1.807) is 0 Å². The van der Waals surface area contributed by atoms with Gasteiger partial charge in [0.1, 0.15) is 0 Å². The Morgan fingerprint density at radius 2 is 2.27 bits per heavy atom. The van der Waals surface area contributed by atoms with Crippen LogP contribution in [0.2, 0.25) is 0 Å². The van der Waals surface area contributed by atoms with Crippen molar-refractivity contribution < 1.29 is 9.90 Å². The molecule has 2 aliphatic rings. The molecule has 0 aromatic carbocycles. The standard InChI is InChI=1S/C11H20N2O2/c12-8-11(3-4-11)10(15)13-5-1-9(7-13)2-6-14/h9,14H,1-8,12H2. The minimum atomic E-state index is -0.200. The first-order valence-electron chi connectivity index (χ1n) is 5.82. The van der Waals surface area contributed by atoms with Gasteiger partial charge in [-0.05, 0) is 31.6 Å². The number of hydrogen-bond acceptors (Lipinski definition) is 3. The first kappa shape index (κ1) is 10.9. The minimum Gasteiger partial charge on any atom is -0.396 e. The second kappa shape index (κ2) is 4.10. The summed E-state index contributed by atoms with van der Waals surface area (Å²) >= 11 is 0. The lowest BCUT2D eigenvalue weighted by atomic mass is 10.1. The van der Waals surface area contributed by atoms with E-state index in [1.807, 2.05) is 4.90 Å². The summed E-state index contributed by atoms with van der Waals surface area (Å²) < 4.78 is 0. The molecule has 1 aliphatic carbocycles. The maximum atomic E-state index is 12.1. The van der Waals surface area contributed by atoms with E-state index in [4.69, 9.17) is 10.8 Å². The van der Waals surface area contributed by atoms with Gasteiger partial charge in [-0.25, -0.2) is 0 Å². The van der Waals surface area contributed by atoms with Gasteiger partial charge in [-0.3, -0.25) is 4.79 Å². The van der Waals surface area contributed by atoms with Crippen molar-refractivity contribution in [3.05, 3.63) is 0 Å². The number of carbonyl (C=O) groups is 1. The highest BCUT2D eigenvalue weighted by molar-refractivity contribution is 5.85. The third kappa shape index (κ3) is 2.01. The van der Waals surface area contributed by atoms with Crippen LogP contribution in [-0.4, -0.2) is 42.2 Å².